The van der Waals surface area contributed by atoms with Gasteiger partial charge in [0.2, 0.25) is 0 Å². The third kappa shape index (κ3) is 5.25. The molecule has 23 heavy (non-hydrogen) atoms. The van der Waals surface area contributed by atoms with Crippen LogP contribution in [0.2, 0.25) is 0 Å². The molecule has 0 aliphatic carbocycles. The molecule has 0 fully saturated rings. The standard InChI is InChI=1S/C17H24N4OS/c1-12-9-14(5-6-15(12)22-4)11-21-17(18-3)19-8-7-16-20-10-13(2)23-16/h5-6,9-10H,7-8,11H2,1-4H3,(H2,18,19,21). The molecule has 1 aromatic heterocycles. The van der Waals surface area contributed by atoms with E-state index in [1.807, 2.05) is 19.2 Å². The van der Waals surface area contributed by atoms with Crippen LogP contribution in [0.5, 0.6) is 5.75 Å². The van der Waals surface area contributed by atoms with Gasteiger partial charge in [-0.3, -0.25) is 4.99 Å². The molecule has 6 heteroatoms. The first-order valence-corrected chi connectivity index (χ1v) is 8.43. The van der Waals surface area contributed by atoms with E-state index in [-0.39, 0.29) is 0 Å². The van der Waals surface area contributed by atoms with Gasteiger partial charge in [0.25, 0.3) is 0 Å². The average Bonchev–Trinajstić information content (AvgIpc) is 2.96. The van der Waals surface area contributed by atoms with Crippen LogP contribution in [0.1, 0.15) is 21.0 Å². The van der Waals surface area contributed by atoms with Crippen LogP contribution in [0.3, 0.4) is 0 Å². The van der Waals surface area contributed by atoms with Crippen molar-refractivity contribution < 1.29 is 4.74 Å². The molecular weight excluding hydrogens is 308 g/mol. The second-order valence-electron chi connectivity index (χ2n) is 5.27. The number of rotatable bonds is 6. The molecule has 0 aliphatic heterocycles. The molecule has 0 aliphatic rings. The zero-order chi connectivity index (χ0) is 16.7. The zero-order valence-electron chi connectivity index (χ0n) is 14.1. The van der Waals surface area contributed by atoms with Crippen LogP contribution >= 0.6 is 11.3 Å². The van der Waals surface area contributed by atoms with Crippen molar-refractivity contribution in [2.75, 3.05) is 20.7 Å². The third-order valence-electron chi connectivity index (χ3n) is 3.44. The summed E-state index contributed by atoms with van der Waals surface area (Å²) in [5.74, 6) is 1.71. The van der Waals surface area contributed by atoms with E-state index in [1.54, 1.807) is 25.5 Å². The number of methoxy groups -OCH3 is 1. The van der Waals surface area contributed by atoms with Crippen LogP contribution in [-0.2, 0) is 13.0 Å². The van der Waals surface area contributed by atoms with Gasteiger partial charge in [-0.1, -0.05) is 12.1 Å². The zero-order valence-corrected chi connectivity index (χ0v) is 15.0. The van der Waals surface area contributed by atoms with Gasteiger partial charge in [0.1, 0.15) is 5.75 Å². The molecule has 5 nitrogen and oxygen atoms in total. The number of aromatic nitrogens is 1. The smallest absolute Gasteiger partial charge is 0.191 e. The predicted octanol–water partition coefficient (Wildman–Crippen LogP) is 2.68. The number of thiazole rings is 1. The second kappa shape index (κ2) is 8.53. The topological polar surface area (TPSA) is 58.5 Å². The Morgan fingerprint density at radius 1 is 1.30 bits per heavy atom. The normalized spacial score (nSPS) is 11.4. The monoisotopic (exact) mass is 332 g/mol. The lowest BCUT2D eigenvalue weighted by Gasteiger charge is -2.12. The summed E-state index contributed by atoms with van der Waals surface area (Å²) in [6, 6.07) is 6.18. The molecule has 0 atom stereocenters. The van der Waals surface area contributed by atoms with Crippen molar-refractivity contribution in [1.29, 1.82) is 0 Å². The van der Waals surface area contributed by atoms with E-state index in [1.165, 1.54) is 10.4 Å². The molecule has 2 N–H and O–H groups in total. The van der Waals surface area contributed by atoms with Crippen LogP contribution < -0.4 is 15.4 Å². The minimum absolute atomic E-state index is 0.723. The number of nitrogens with one attached hydrogen (secondary N) is 2. The summed E-state index contributed by atoms with van der Waals surface area (Å²) in [5.41, 5.74) is 2.33. The van der Waals surface area contributed by atoms with Crippen LogP contribution in [0.15, 0.2) is 29.4 Å². The molecule has 0 saturated carbocycles. The SMILES string of the molecule is CN=C(NCCc1ncc(C)s1)NCc1ccc(OC)c(C)c1. The third-order valence-corrected chi connectivity index (χ3v) is 4.42. The van der Waals surface area contributed by atoms with Crippen molar-refractivity contribution in [2.45, 2.75) is 26.8 Å². The average molecular weight is 332 g/mol. The Morgan fingerprint density at radius 3 is 2.74 bits per heavy atom. The van der Waals surface area contributed by atoms with Gasteiger partial charge in [-0.05, 0) is 31.0 Å². The van der Waals surface area contributed by atoms with Crippen LogP contribution in [0.25, 0.3) is 0 Å². The van der Waals surface area contributed by atoms with Crippen molar-refractivity contribution in [3.8, 4) is 5.75 Å². The lowest BCUT2D eigenvalue weighted by Crippen LogP contribution is -2.37. The fourth-order valence-electron chi connectivity index (χ4n) is 2.26. The van der Waals surface area contributed by atoms with Crippen molar-refractivity contribution in [3.63, 3.8) is 0 Å². The molecular formula is C17H24N4OS. The fraction of sp³-hybridized carbons (Fsp3) is 0.412. The predicted molar refractivity (Wildman–Crippen MR) is 96.5 cm³/mol. The number of hydrogen-bond donors (Lipinski definition) is 2. The first-order valence-electron chi connectivity index (χ1n) is 7.61. The number of hydrogen-bond acceptors (Lipinski definition) is 4. The Morgan fingerprint density at radius 2 is 2.13 bits per heavy atom. The van der Waals surface area contributed by atoms with Crippen molar-refractivity contribution in [2.24, 2.45) is 4.99 Å². The molecule has 0 bridgehead atoms. The first-order chi connectivity index (χ1) is 11.1. The number of benzene rings is 1. The molecule has 1 heterocycles. The summed E-state index contributed by atoms with van der Waals surface area (Å²) in [7, 11) is 3.47. The van der Waals surface area contributed by atoms with Gasteiger partial charge in [-0.15, -0.1) is 11.3 Å². The summed E-state index contributed by atoms with van der Waals surface area (Å²) >= 11 is 1.74. The number of aryl methyl sites for hydroxylation is 2. The van der Waals surface area contributed by atoms with Gasteiger partial charge >= 0.3 is 0 Å². The Kier molecular flexibility index (Phi) is 6.40. The van der Waals surface area contributed by atoms with Crippen molar-refractivity contribution in [1.82, 2.24) is 15.6 Å². The summed E-state index contributed by atoms with van der Waals surface area (Å²) in [6.07, 6.45) is 2.82. The molecule has 0 unspecified atom stereocenters. The number of ether oxygens (including phenoxy) is 1. The van der Waals surface area contributed by atoms with Gasteiger partial charge in [0.05, 0.1) is 12.1 Å². The Bertz CT molecular complexity index is 666. The van der Waals surface area contributed by atoms with Crippen molar-refractivity contribution >= 4 is 17.3 Å². The maximum absolute atomic E-state index is 5.28. The quantitative estimate of drug-likeness (QED) is 0.631. The van der Waals surface area contributed by atoms with Gasteiger partial charge in [-0.25, -0.2) is 4.98 Å². The largest absolute Gasteiger partial charge is 0.496 e. The Labute approximate surface area is 141 Å². The highest BCUT2D eigenvalue weighted by Crippen LogP contribution is 2.18. The molecule has 1 aromatic carbocycles. The van der Waals surface area contributed by atoms with Crippen LogP contribution in [0.4, 0.5) is 0 Å². The lowest BCUT2D eigenvalue weighted by molar-refractivity contribution is 0.411. The summed E-state index contributed by atoms with van der Waals surface area (Å²) in [4.78, 5) is 9.86. The highest BCUT2D eigenvalue weighted by atomic mass is 32.1. The lowest BCUT2D eigenvalue weighted by atomic mass is 10.1. The maximum atomic E-state index is 5.28. The van der Waals surface area contributed by atoms with Crippen LogP contribution in [-0.4, -0.2) is 31.6 Å². The minimum atomic E-state index is 0.723. The molecule has 0 spiro atoms. The Balaban J connectivity index is 1.79. The van der Waals surface area contributed by atoms with E-state index in [0.717, 1.165) is 41.8 Å². The highest BCUT2D eigenvalue weighted by molar-refractivity contribution is 7.11. The van der Waals surface area contributed by atoms with E-state index in [9.17, 15) is 0 Å². The van der Waals surface area contributed by atoms with Crippen molar-refractivity contribution in [3.05, 3.63) is 45.4 Å². The fourth-order valence-corrected chi connectivity index (χ4v) is 3.05. The molecule has 2 rings (SSSR count). The molecule has 0 amide bonds. The number of aliphatic imine (C=N–C) groups is 1. The van der Waals surface area contributed by atoms with Gasteiger partial charge < -0.3 is 15.4 Å². The van der Waals surface area contributed by atoms with E-state index in [2.05, 4.69) is 39.7 Å². The van der Waals surface area contributed by atoms with E-state index >= 15 is 0 Å². The second-order valence-corrected chi connectivity index (χ2v) is 6.59. The van der Waals surface area contributed by atoms with E-state index < -0.39 is 0 Å². The van der Waals surface area contributed by atoms with Gasteiger partial charge in [-0.2, -0.15) is 0 Å². The first kappa shape index (κ1) is 17.3. The number of guanidine groups is 1. The Hall–Kier alpha value is -2.08. The molecule has 0 radical (unpaired) electrons. The number of nitrogens with zero attached hydrogens (tertiary/aromatic N) is 2. The minimum Gasteiger partial charge on any atom is -0.496 e. The van der Waals surface area contributed by atoms with E-state index in [4.69, 9.17) is 4.74 Å². The molecule has 124 valence electrons. The molecule has 0 saturated heterocycles. The summed E-state index contributed by atoms with van der Waals surface area (Å²) < 4.78 is 5.28. The summed E-state index contributed by atoms with van der Waals surface area (Å²) in [6.45, 7) is 5.66. The van der Waals surface area contributed by atoms with Gasteiger partial charge in [0, 0.05) is 37.6 Å². The van der Waals surface area contributed by atoms with Gasteiger partial charge in [0.15, 0.2) is 5.96 Å². The van der Waals surface area contributed by atoms with Crippen LogP contribution in [0, 0.1) is 13.8 Å². The maximum Gasteiger partial charge on any atom is 0.191 e. The highest BCUT2D eigenvalue weighted by Gasteiger charge is 2.03. The summed E-state index contributed by atoms with van der Waals surface area (Å²) in [5, 5.41) is 7.79. The van der Waals surface area contributed by atoms with E-state index in [0.29, 0.717) is 0 Å². The molecule has 2 aromatic rings.